The highest BCUT2D eigenvalue weighted by Gasteiger charge is 2.19. The first kappa shape index (κ1) is 16.1. The summed E-state index contributed by atoms with van der Waals surface area (Å²) in [5.74, 6) is -0.409. The number of hydrogen-bond acceptors (Lipinski definition) is 4. The standard InChI is InChI=1S/C13H17N3O3S/c1-3-8-16(20(2,18)19)10-13(17)15-12-6-4-11(9-14)5-7-12/h4-7H,3,8,10H2,1-2H3,(H,15,17). The molecule has 0 aliphatic heterocycles. The minimum atomic E-state index is -3.40. The number of rotatable bonds is 6. The van der Waals surface area contributed by atoms with E-state index in [1.165, 1.54) is 0 Å². The van der Waals surface area contributed by atoms with E-state index in [0.717, 1.165) is 10.6 Å². The lowest BCUT2D eigenvalue weighted by atomic mass is 10.2. The number of nitrogens with one attached hydrogen (secondary N) is 1. The second kappa shape index (κ2) is 7.03. The summed E-state index contributed by atoms with van der Waals surface area (Å²) >= 11 is 0. The van der Waals surface area contributed by atoms with Gasteiger partial charge in [0.1, 0.15) is 0 Å². The molecule has 0 aromatic heterocycles. The quantitative estimate of drug-likeness (QED) is 0.853. The van der Waals surface area contributed by atoms with E-state index in [-0.39, 0.29) is 6.54 Å². The zero-order chi connectivity index (χ0) is 15.2. The third kappa shape index (κ3) is 4.99. The van der Waals surface area contributed by atoms with Crippen molar-refractivity contribution in [3.63, 3.8) is 0 Å². The van der Waals surface area contributed by atoms with Crippen LogP contribution in [0.5, 0.6) is 0 Å². The smallest absolute Gasteiger partial charge is 0.239 e. The molecule has 1 N–H and O–H groups in total. The van der Waals surface area contributed by atoms with Crippen LogP contribution in [-0.4, -0.2) is 38.0 Å². The van der Waals surface area contributed by atoms with Crippen LogP contribution < -0.4 is 5.32 Å². The summed E-state index contributed by atoms with van der Waals surface area (Å²) < 4.78 is 24.1. The van der Waals surface area contributed by atoms with Crippen molar-refractivity contribution in [2.24, 2.45) is 0 Å². The van der Waals surface area contributed by atoms with Crippen molar-refractivity contribution >= 4 is 21.6 Å². The molecule has 1 rings (SSSR count). The van der Waals surface area contributed by atoms with E-state index in [2.05, 4.69) is 5.32 Å². The zero-order valence-electron chi connectivity index (χ0n) is 11.5. The van der Waals surface area contributed by atoms with Gasteiger partial charge in [-0.3, -0.25) is 4.79 Å². The van der Waals surface area contributed by atoms with Crippen LogP contribution in [0.3, 0.4) is 0 Å². The summed E-state index contributed by atoms with van der Waals surface area (Å²) in [5, 5.41) is 11.3. The molecule has 0 fully saturated rings. The molecule has 0 bridgehead atoms. The second-order valence-corrected chi connectivity index (χ2v) is 6.32. The van der Waals surface area contributed by atoms with Gasteiger partial charge in [-0.25, -0.2) is 8.42 Å². The maximum atomic E-state index is 11.8. The number of benzene rings is 1. The third-order valence-electron chi connectivity index (χ3n) is 2.56. The maximum Gasteiger partial charge on any atom is 0.239 e. The van der Waals surface area contributed by atoms with Gasteiger partial charge in [0.05, 0.1) is 24.4 Å². The molecular formula is C13H17N3O3S. The summed E-state index contributed by atoms with van der Waals surface area (Å²) in [7, 11) is -3.40. The van der Waals surface area contributed by atoms with E-state index in [9.17, 15) is 13.2 Å². The van der Waals surface area contributed by atoms with Crippen molar-refractivity contribution in [2.45, 2.75) is 13.3 Å². The van der Waals surface area contributed by atoms with E-state index in [1.54, 1.807) is 24.3 Å². The summed E-state index contributed by atoms with van der Waals surface area (Å²) in [6.07, 6.45) is 1.72. The summed E-state index contributed by atoms with van der Waals surface area (Å²) in [4.78, 5) is 11.8. The molecule has 0 unspecified atom stereocenters. The van der Waals surface area contributed by atoms with Crippen molar-refractivity contribution < 1.29 is 13.2 Å². The van der Waals surface area contributed by atoms with Crippen LogP contribution in [0.15, 0.2) is 24.3 Å². The van der Waals surface area contributed by atoms with Crippen LogP contribution in [0.2, 0.25) is 0 Å². The van der Waals surface area contributed by atoms with E-state index in [1.807, 2.05) is 13.0 Å². The number of hydrogen-bond donors (Lipinski definition) is 1. The highest BCUT2D eigenvalue weighted by molar-refractivity contribution is 7.88. The number of carbonyl (C=O) groups excluding carboxylic acids is 1. The molecule has 0 saturated heterocycles. The van der Waals surface area contributed by atoms with Crippen molar-refractivity contribution in [3.05, 3.63) is 29.8 Å². The van der Waals surface area contributed by atoms with Crippen molar-refractivity contribution in [1.29, 1.82) is 5.26 Å². The molecule has 0 atom stereocenters. The zero-order valence-corrected chi connectivity index (χ0v) is 12.3. The SMILES string of the molecule is CCCN(CC(=O)Nc1ccc(C#N)cc1)S(C)(=O)=O. The molecule has 7 heteroatoms. The Morgan fingerprint density at radius 2 is 1.95 bits per heavy atom. The predicted octanol–water partition coefficient (Wildman–Crippen LogP) is 1.17. The van der Waals surface area contributed by atoms with Crippen LogP contribution in [-0.2, 0) is 14.8 Å². The van der Waals surface area contributed by atoms with Crippen LogP contribution >= 0.6 is 0 Å². The Labute approximate surface area is 119 Å². The third-order valence-corrected chi connectivity index (χ3v) is 3.81. The molecule has 0 radical (unpaired) electrons. The monoisotopic (exact) mass is 295 g/mol. The van der Waals surface area contributed by atoms with Crippen LogP contribution in [0.1, 0.15) is 18.9 Å². The number of carbonyl (C=O) groups is 1. The predicted molar refractivity (Wildman–Crippen MR) is 76.5 cm³/mol. The van der Waals surface area contributed by atoms with Gasteiger partial charge in [-0.1, -0.05) is 6.92 Å². The van der Waals surface area contributed by atoms with Gasteiger partial charge in [0, 0.05) is 12.2 Å². The Balaban J connectivity index is 2.68. The van der Waals surface area contributed by atoms with Crippen molar-refractivity contribution in [1.82, 2.24) is 4.31 Å². The fourth-order valence-electron chi connectivity index (χ4n) is 1.60. The fourth-order valence-corrected chi connectivity index (χ4v) is 2.47. The molecule has 108 valence electrons. The minimum Gasteiger partial charge on any atom is -0.325 e. The molecule has 0 saturated carbocycles. The number of nitriles is 1. The molecule has 6 nitrogen and oxygen atoms in total. The summed E-state index contributed by atoms with van der Waals surface area (Å²) in [6, 6.07) is 8.33. The van der Waals surface area contributed by atoms with Crippen molar-refractivity contribution in [2.75, 3.05) is 24.7 Å². The van der Waals surface area contributed by atoms with Gasteiger partial charge in [0.15, 0.2) is 0 Å². The Morgan fingerprint density at radius 1 is 1.35 bits per heavy atom. The maximum absolute atomic E-state index is 11.8. The van der Waals surface area contributed by atoms with E-state index >= 15 is 0 Å². The topological polar surface area (TPSA) is 90.3 Å². The fraction of sp³-hybridized carbons (Fsp3) is 0.385. The van der Waals surface area contributed by atoms with E-state index in [4.69, 9.17) is 5.26 Å². The Bertz CT molecular complexity index is 603. The van der Waals surface area contributed by atoms with Gasteiger partial charge in [-0.2, -0.15) is 9.57 Å². The van der Waals surface area contributed by atoms with Gasteiger partial charge >= 0.3 is 0 Å². The normalized spacial score (nSPS) is 11.1. The van der Waals surface area contributed by atoms with Crippen molar-refractivity contribution in [3.8, 4) is 6.07 Å². The molecule has 0 aliphatic carbocycles. The number of anilines is 1. The number of sulfonamides is 1. The molecule has 0 heterocycles. The van der Waals surface area contributed by atoms with Crippen LogP contribution in [0.4, 0.5) is 5.69 Å². The molecule has 0 spiro atoms. The molecular weight excluding hydrogens is 278 g/mol. The first-order chi connectivity index (χ1) is 9.36. The van der Waals surface area contributed by atoms with E-state index in [0.29, 0.717) is 24.2 Å². The average molecular weight is 295 g/mol. The highest BCUT2D eigenvalue weighted by atomic mass is 32.2. The molecule has 0 aliphatic rings. The van der Waals surface area contributed by atoms with Crippen LogP contribution in [0.25, 0.3) is 0 Å². The Hall–Kier alpha value is -1.91. The molecule has 20 heavy (non-hydrogen) atoms. The Kier molecular flexibility index (Phi) is 5.67. The Morgan fingerprint density at radius 3 is 2.40 bits per heavy atom. The van der Waals surface area contributed by atoms with Gasteiger partial charge in [-0.05, 0) is 30.7 Å². The van der Waals surface area contributed by atoms with Gasteiger partial charge < -0.3 is 5.32 Å². The summed E-state index contributed by atoms with van der Waals surface area (Å²) in [6.45, 7) is 1.93. The van der Waals surface area contributed by atoms with Gasteiger partial charge in [0.2, 0.25) is 15.9 Å². The van der Waals surface area contributed by atoms with Gasteiger partial charge in [-0.15, -0.1) is 0 Å². The van der Waals surface area contributed by atoms with Gasteiger partial charge in [0.25, 0.3) is 0 Å². The lowest BCUT2D eigenvalue weighted by Gasteiger charge is -2.18. The average Bonchev–Trinajstić information content (AvgIpc) is 2.38. The lowest BCUT2D eigenvalue weighted by Crippen LogP contribution is -2.37. The molecule has 1 amide bonds. The minimum absolute atomic E-state index is 0.216. The first-order valence-electron chi connectivity index (χ1n) is 6.12. The van der Waals surface area contributed by atoms with E-state index < -0.39 is 15.9 Å². The number of amides is 1. The number of nitrogens with zero attached hydrogens (tertiary/aromatic N) is 2. The molecule has 1 aromatic rings. The highest BCUT2D eigenvalue weighted by Crippen LogP contribution is 2.09. The largest absolute Gasteiger partial charge is 0.325 e. The lowest BCUT2D eigenvalue weighted by molar-refractivity contribution is -0.116. The first-order valence-corrected chi connectivity index (χ1v) is 7.96. The second-order valence-electron chi connectivity index (χ2n) is 4.33. The summed E-state index contributed by atoms with van der Waals surface area (Å²) in [5.41, 5.74) is 1.02. The van der Waals surface area contributed by atoms with Crippen LogP contribution in [0, 0.1) is 11.3 Å². The molecule has 1 aromatic carbocycles.